The van der Waals surface area contributed by atoms with E-state index in [1.165, 1.54) is 0 Å². The minimum absolute atomic E-state index is 0.564. The predicted octanol–water partition coefficient (Wildman–Crippen LogP) is 3.23. The van der Waals surface area contributed by atoms with Gasteiger partial charge in [0, 0.05) is 12.8 Å². The van der Waals surface area contributed by atoms with Gasteiger partial charge in [0.25, 0.3) is 0 Å². The monoisotopic (exact) mass is 261 g/mol. The molecule has 1 heterocycles. The summed E-state index contributed by atoms with van der Waals surface area (Å²) in [5, 5.41) is 3.31. The fourth-order valence-corrected chi connectivity index (χ4v) is 1.68. The molecular weight excluding hydrogens is 242 g/mol. The number of rotatable bonds is 7. The van der Waals surface area contributed by atoms with E-state index in [0.29, 0.717) is 19.8 Å². The van der Waals surface area contributed by atoms with Crippen LogP contribution in [0.25, 0.3) is 0 Å². The van der Waals surface area contributed by atoms with Crippen molar-refractivity contribution in [1.82, 2.24) is 0 Å². The molecule has 4 heteroatoms. The first-order chi connectivity index (χ1) is 9.29. The Bertz CT molecular complexity index is 490. The number of anilines is 1. The molecule has 2 rings (SSSR count). The van der Waals surface area contributed by atoms with Crippen LogP contribution >= 0.6 is 0 Å². The van der Waals surface area contributed by atoms with E-state index in [-0.39, 0.29) is 0 Å². The van der Waals surface area contributed by atoms with Gasteiger partial charge in [0.2, 0.25) is 0 Å². The van der Waals surface area contributed by atoms with Crippen LogP contribution < -0.4 is 10.1 Å². The molecule has 0 amide bonds. The second-order valence-corrected chi connectivity index (χ2v) is 4.25. The molecule has 0 radical (unpaired) electrons. The molecule has 0 fully saturated rings. The number of aryl methyl sites for hydroxylation is 1. The third-order valence-electron chi connectivity index (χ3n) is 2.83. The highest BCUT2D eigenvalue weighted by molar-refractivity contribution is 5.46. The highest BCUT2D eigenvalue weighted by Gasteiger charge is 2.01. The van der Waals surface area contributed by atoms with Gasteiger partial charge >= 0.3 is 0 Å². The largest absolute Gasteiger partial charge is 0.491 e. The Morgan fingerprint density at radius 3 is 2.53 bits per heavy atom. The van der Waals surface area contributed by atoms with E-state index in [1.807, 2.05) is 37.3 Å². The Kier molecular flexibility index (Phi) is 4.86. The summed E-state index contributed by atoms with van der Waals surface area (Å²) in [5.74, 6) is 1.80. The van der Waals surface area contributed by atoms with Gasteiger partial charge in [-0.05, 0) is 42.8 Å². The lowest BCUT2D eigenvalue weighted by Crippen LogP contribution is -2.04. The van der Waals surface area contributed by atoms with Crippen LogP contribution in [0.2, 0.25) is 0 Å². The van der Waals surface area contributed by atoms with E-state index in [0.717, 1.165) is 22.8 Å². The van der Waals surface area contributed by atoms with Gasteiger partial charge in [-0.1, -0.05) is 0 Å². The van der Waals surface area contributed by atoms with Gasteiger partial charge in [-0.25, -0.2) is 0 Å². The average Bonchev–Trinajstić information content (AvgIpc) is 2.84. The van der Waals surface area contributed by atoms with E-state index in [9.17, 15) is 0 Å². The van der Waals surface area contributed by atoms with Crippen LogP contribution in [0.15, 0.2) is 41.0 Å². The van der Waals surface area contributed by atoms with Crippen LogP contribution in [0.4, 0.5) is 5.69 Å². The van der Waals surface area contributed by atoms with E-state index in [2.05, 4.69) is 5.32 Å². The summed E-state index contributed by atoms with van der Waals surface area (Å²) >= 11 is 0. The molecule has 0 saturated heterocycles. The second-order valence-electron chi connectivity index (χ2n) is 4.25. The Balaban J connectivity index is 1.83. The summed E-state index contributed by atoms with van der Waals surface area (Å²) in [6, 6.07) is 9.81. The molecule has 0 aliphatic heterocycles. The normalized spacial score (nSPS) is 10.4. The maximum absolute atomic E-state index is 5.50. The van der Waals surface area contributed by atoms with Gasteiger partial charge < -0.3 is 19.2 Å². The molecule has 19 heavy (non-hydrogen) atoms. The molecule has 1 aromatic heterocycles. The molecule has 0 aliphatic rings. The standard InChI is InChI=1S/C15H19NO3/c1-12-7-8-19-15(12)11-16-13-3-5-14(6-4-13)18-10-9-17-2/h3-8,16H,9-11H2,1-2H3. The van der Waals surface area contributed by atoms with Crippen molar-refractivity contribution in [2.45, 2.75) is 13.5 Å². The number of nitrogens with one attached hydrogen (secondary N) is 1. The van der Waals surface area contributed by atoms with Crippen molar-refractivity contribution in [3.05, 3.63) is 47.9 Å². The number of furan rings is 1. The summed E-state index contributed by atoms with van der Waals surface area (Å²) in [5.41, 5.74) is 2.20. The summed E-state index contributed by atoms with van der Waals surface area (Å²) in [7, 11) is 1.66. The average molecular weight is 261 g/mol. The highest BCUT2D eigenvalue weighted by Crippen LogP contribution is 2.17. The van der Waals surface area contributed by atoms with Gasteiger partial charge in [0.1, 0.15) is 18.1 Å². The summed E-state index contributed by atoms with van der Waals surface area (Å²) in [6.07, 6.45) is 1.71. The Labute approximate surface area is 113 Å². The molecule has 102 valence electrons. The lowest BCUT2D eigenvalue weighted by Gasteiger charge is -2.08. The molecule has 0 spiro atoms. The minimum atomic E-state index is 0.564. The Morgan fingerprint density at radius 2 is 1.89 bits per heavy atom. The smallest absolute Gasteiger partial charge is 0.125 e. The number of hydrogen-bond acceptors (Lipinski definition) is 4. The van der Waals surface area contributed by atoms with Crippen LogP contribution in [0.1, 0.15) is 11.3 Å². The molecule has 4 nitrogen and oxygen atoms in total. The quantitative estimate of drug-likeness (QED) is 0.777. The van der Waals surface area contributed by atoms with E-state index in [4.69, 9.17) is 13.9 Å². The molecule has 0 aliphatic carbocycles. The Hall–Kier alpha value is -1.94. The lowest BCUT2D eigenvalue weighted by molar-refractivity contribution is 0.146. The fraction of sp³-hybridized carbons (Fsp3) is 0.333. The third-order valence-corrected chi connectivity index (χ3v) is 2.83. The number of hydrogen-bond donors (Lipinski definition) is 1. The maximum atomic E-state index is 5.50. The molecular formula is C15H19NO3. The van der Waals surface area contributed by atoms with Gasteiger partial charge in [-0.2, -0.15) is 0 Å². The van der Waals surface area contributed by atoms with Gasteiger partial charge in [0.05, 0.1) is 19.4 Å². The van der Waals surface area contributed by atoms with E-state index < -0.39 is 0 Å². The molecule has 0 bridgehead atoms. The minimum Gasteiger partial charge on any atom is -0.491 e. The topological polar surface area (TPSA) is 43.6 Å². The van der Waals surface area contributed by atoms with Crippen LogP contribution in [0.5, 0.6) is 5.75 Å². The van der Waals surface area contributed by atoms with Crippen molar-refractivity contribution >= 4 is 5.69 Å². The highest BCUT2D eigenvalue weighted by atomic mass is 16.5. The first-order valence-corrected chi connectivity index (χ1v) is 6.28. The van der Waals surface area contributed by atoms with Crippen molar-refractivity contribution in [2.24, 2.45) is 0 Å². The first-order valence-electron chi connectivity index (χ1n) is 6.28. The molecule has 0 atom stereocenters. The van der Waals surface area contributed by atoms with Crippen LogP contribution in [0.3, 0.4) is 0 Å². The van der Waals surface area contributed by atoms with E-state index >= 15 is 0 Å². The van der Waals surface area contributed by atoms with Crippen molar-refractivity contribution < 1.29 is 13.9 Å². The molecule has 1 aromatic carbocycles. The molecule has 1 N–H and O–H groups in total. The molecule has 0 unspecified atom stereocenters. The SMILES string of the molecule is COCCOc1ccc(NCc2occc2C)cc1. The van der Waals surface area contributed by atoms with Crippen LogP contribution in [-0.4, -0.2) is 20.3 Å². The summed E-state index contributed by atoms with van der Waals surface area (Å²) in [4.78, 5) is 0. The first kappa shape index (κ1) is 13.5. The molecule has 2 aromatic rings. The van der Waals surface area contributed by atoms with Gasteiger partial charge in [-0.3, -0.25) is 0 Å². The van der Waals surface area contributed by atoms with Gasteiger partial charge in [-0.15, -0.1) is 0 Å². The fourth-order valence-electron chi connectivity index (χ4n) is 1.68. The third kappa shape index (κ3) is 4.03. The zero-order valence-corrected chi connectivity index (χ0v) is 11.3. The molecule has 0 saturated carbocycles. The Morgan fingerprint density at radius 1 is 1.11 bits per heavy atom. The summed E-state index contributed by atoms with van der Waals surface area (Å²) in [6.45, 7) is 3.88. The van der Waals surface area contributed by atoms with E-state index in [1.54, 1.807) is 13.4 Å². The van der Waals surface area contributed by atoms with Gasteiger partial charge in [0.15, 0.2) is 0 Å². The maximum Gasteiger partial charge on any atom is 0.125 e. The zero-order valence-electron chi connectivity index (χ0n) is 11.3. The summed E-state index contributed by atoms with van der Waals surface area (Å²) < 4.78 is 15.8. The van der Waals surface area contributed by atoms with Crippen molar-refractivity contribution in [2.75, 3.05) is 25.6 Å². The number of ether oxygens (including phenoxy) is 2. The lowest BCUT2D eigenvalue weighted by atomic mass is 10.2. The van der Waals surface area contributed by atoms with Crippen molar-refractivity contribution in [3.63, 3.8) is 0 Å². The second kappa shape index (κ2) is 6.85. The number of benzene rings is 1. The van der Waals surface area contributed by atoms with Crippen molar-refractivity contribution in [3.8, 4) is 5.75 Å². The van der Waals surface area contributed by atoms with Crippen molar-refractivity contribution in [1.29, 1.82) is 0 Å². The number of methoxy groups -OCH3 is 1. The van der Waals surface area contributed by atoms with Crippen LogP contribution in [-0.2, 0) is 11.3 Å². The zero-order chi connectivity index (χ0) is 13.5. The predicted molar refractivity (Wildman–Crippen MR) is 74.6 cm³/mol. The van der Waals surface area contributed by atoms with Crippen LogP contribution in [0, 0.1) is 6.92 Å².